The van der Waals surface area contributed by atoms with Crippen LogP contribution in [0.25, 0.3) is 11.4 Å². The number of hydrogen-bond acceptors (Lipinski definition) is 6. The van der Waals surface area contributed by atoms with E-state index in [-0.39, 0.29) is 6.61 Å². The first-order chi connectivity index (χ1) is 11.3. The van der Waals surface area contributed by atoms with E-state index in [0.717, 1.165) is 37.2 Å². The number of ether oxygens (including phenoxy) is 1. The normalized spacial score (nSPS) is 16.6. The number of hydrogen-bond donors (Lipinski definition) is 1. The third-order valence-electron chi connectivity index (χ3n) is 4.22. The number of aliphatic hydroxyl groups excluding tert-OH is 1. The lowest BCUT2D eigenvalue weighted by atomic mass is 9.98. The Kier molecular flexibility index (Phi) is 5.25. The molecule has 3 rings (SSSR count). The minimum absolute atomic E-state index is 0.288. The van der Waals surface area contributed by atoms with E-state index in [1.807, 2.05) is 31.2 Å². The minimum Gasteiger partial charge on any atom is -0.494 e. The highest BCUT2D eigenvalue weighted by Crippen LogP contribution is 2.22. The maximum absolute atomic E-state index is 9.18. The van der Waals surface area contributed by atoms with E-state index in [2.05, 4.69) is 15.0 Å². The predicted molar refractivity (Wildman–Crippen MR) is 86.0 cm³/mol. The van der Waals surface area contributed by atoms with E-state index in [1.54, 1.807) is 0 Å². The molecule has 0 saturated carbocycles. The van der Waals surface area contributed by atoms with Crippen molar-refractivity contribution in [3.8, 4) is 17.1 Å². The Balaban J connectivity index is 1.59. The number of nitrogens with zero attached hydrogens (tertiary/aromatic N) is 3. The van der Waals surface area contributed by atoms with Gasteiger partial charge in [-0.05, 0) is 63.0 Å². The number of aliphatic hydroxyl groups is 1. The maximum Gasteiger partial charge on any atom is 0.241 e. The molecule has 0 radical (unpaired) electrons. The summed E-state index contributed by atoms with van der Waals surface area (Å²) in [5.74, 6) is 2.52. The second-order valence-corrected chi connectivity index (χ2v) is 5.87. The summed E-state index contributed by atoms with van der Waals surface area (Å²) in [5, 5.41) is 13.2. The number of aromatic nitrogens is 2. The Bertz CT molecular complexity index is 604. The molecule has 6 nitrogen and oxygen atoms in total. The third kappa shape index (κ3) is 4.09. The zero-order valence-electron chi connectivity index (χ0n) is 13.4. The molecular weight excluding hydrogens is 294 g/mol. The Morgan fingerprint density at radius 3 is 2.65 bits per heavy atom. The molecule has 0 bridgehead atoms. The molecule has 1 aromatic heterocycles. The molecular formula is C17H23N3O3. The van der Waals surface area contributed by atoms with Gasteiger partial charge < -0.3 is 14.4 Å². The molecule has 23 heavy (non-hydrogen) atoms. The van der Waals surface area contributed by atoms with Crippen LogP contribution in [0, 0.1) is 5.92 Å². The van der Waals surface area contributed by atoms with E-state index in [1.165, 1.54) is 0 Å². The average molecular weight is 317 g/mol. The molecule has 1 aromatic carbocycles. The summed E-state index contributed by atoms with van der Waals surface area (Å²) in [6.07, 6.45) is 2.05. The molecule has 6 heteroatoms. The monoisotopic (exact) mass is 317 g/mol. The molecule has 2 aromatic rings. The van der Waals surface area contributed by atoms with Crippen molar-refractivity contribution in [3.63, 3.8) is 0 Å². The van der Waals surface area contributed by atoms with Crippen molar-refractivity contribution in [1.29, 1.82) is 0 Å². The molecule has 1 aliphatic rings. The van der Waals surface area contributed by atoms with Crippen LogP contribution in [0.15, 0.2) is 28.8 Å². The minimum atomic E-state index is 0.288. The molecule has 124 valence electrons. The molecule has 1 aliphatic heterocycles. The molecule has 0 unspecified atom stereocenters. The first kappa shape index (κ1) is 16.0. The van der Waals surface area contributed by atoms with Gasteiger partial charge in [0.2, 0.25) is 11.7 Å². The smallest absolute Gasteiger partial charge is 0.241 e. The van der Waals surface area contributed by atoms with Crippen molar-refractivity contribution in [2.75, 3.05) is 26.3 Å². The summed E-state index contributed by atoms with van der Waals surface area (Å²) < 4.78 is 10.8. The zero-order valence-corrected chi connectivity index (χ0v) is 13.4. The quantitative estimate of drug-likeness (QED) is 0.882. The van der Waals surface area contributed by atoms with Crippen molar-refractivity contribution in [1.82, 2.24) is 15.0 Å². The first-order valence-electron chi connectivity index (χ1n) is 8.17. The van der Waals surface area contributed by atoms with Gasteiger partial charge in [0, 0.05) is 12.2 Å². The van der Waals surface area contributed by atoms with E-state index < -0.39 is 0 Å². The summed E-state index contributed by atoms with van der Waals surface area (Å²) in [7, 11) is 0. The number of piperidine rings is 1. The van der Waals surface area contributed by atoms with Crippen molar-refractivity contribution < 1.29 is 14.4 Å². The fourth-order valence-electron chi connectivity index (χ4n) is 2.82. The summed E-state index contributed by atoms with van der Waals surface area (Å²) >= 11 is 0. The van der Waals surface area contributed by atoms with Crippen LogP contribution in [0.1, 0.15) is 25.7 Å². The van der Waals surface area contributed by atoms with Crippen molar-refractivity contribution in [2.24, 2.45) is 5.92 Å². The van der Waals surface area contributed by atoms with E-state index in [0.29, 0.717) is 30.8 Å². The maximum atomic E-state index is 9.18. The third-order valence-corrected chi connectivity index (χ3v) is 4.22. The lowest BCUT2D eigenvalue weighted by Gasteiger charge is -2.29. The largest absolute Gasteiger partial charge is 0.494 e. The molecule has 0 aliphatic carbocycles. The van der Waals surface area contributed by atoms with Crippen LogP contribution < -0.4 is 4.74 Å². The first-order valence-corrected chi connectivity index (χ1v) is 8.17. The van der Waals surface area contributed by atoms with Gasteiger partial charge in [0.15, 0.2) is 0 Å². The SMILES string of the molecule is CCOc1ccc(-c2noc(CN3CCC(CO)CC3)n2)cc1. The van der Waals surface area contributed by atoms with Gasteiger partial charge in [0.25, 0.3) is 0 Å². The predicted octanol–water partition coefficient (Wildman–Crippen LogP) is 2.34. The second-order valence-electron chi connectivity index (χ2n) is 5.87. The molecule has 1 saturated heterocycles. The number of rotatable bonds is 6. The van der Waals surface area contributed by atoms with Crippen molar-refractivity contribution in [3.05, 3.63) is 30.2 Å². The van der Waals surface area contributed by atoms with Crippen LogP contribution in [-0.4, -0.2) is 46.5 Å². The molecule has 1 N–H and O–H groups in total. The van der Waals surface area contributed by atoms with Crippen LogP contribution in [0.5, 0.6) is 5.75 Å². The van der Waals surface area contributed by atoms with Gasteiger partial charge in [0.05, 0.1) is 13.2 Å². The van der Waals surface area contributed by atoms with E-state index >= 15 is 0 Å². The Morgan fingerprint density at radius 2 is 2.00 bits per heavy atom. The van der Waals surface area contributed by atoms with Gasteiger partial charge in [-0.2, -0.15) is 4.98 Å². The van der Waals surface area contributed by atoms with E-state index in [4.69, 9.17) is 9.26 Å². The molecule has 2 heterocycles. The summed E-state index contributed by atoms with van der Waals surface area (Å²) in [6.45, 7) is 5.50. The Hall–Kier alpha value is -1.92. The standard InChI is InChI=1S/C17H23N3O3/c1-2-22-15-5-3-14(4-6-15)17-18-16(23-19-17)11-20-9-7-13(12-21)8-10-20/h3-6,13,21H,2,7-12H2,1H3. The van der Waals surface area contributed by atoms with Crippen LogP contribution in [0.3, 0.4) is 0 Å². The number of benzene rings is 1. The second kappa shape index (κ2) is 7.57. The van der Waals surface area contributed by atoms with Gasteiger partial charge in [-0.15, -0.1) is 0 Å². The molecule has 0 amide bonds. The van der Waals surface area contributed by atoms with Gasteiger partial charge in [-0.25, -0.2) is 0 Å². The zero-order chi connectivity index (χ0) is 16.1. The Labute approximate surface area is 136 Å². The van der Waals surface area contributed by atoms with Crippen LogP contribution in [0.4, 0.5) is 0 Å². The van der Waals surface area contributed by atoms with Gasteiger partial charge >= 0.3 is 0 Å². The van der Waals surface area contributed by atoms with Crippen molar-refractivity contribution in [2.45, 2.75) is 26.3 Å². The molecule has 0 atom stereocenters. The topological polar surface area (TPSA) is 71.6 Å². The molecule has 1 fully saturated rings. The highest BCUT2D eigenvalue weighted by molar-refractivity contribution is 5.55. The fraction of sp³-hybridized carbons (Fsp3) is 0.529. The van der Waals surface area contributed by atoms with Crippen LogP contribution in [-0.2, 0) is 6.54 Å². The fourth-order valence-corrected chi connectivity index (χ4v) is 2.82. The highest BCUT2D eigenvalue weighted by atomic mass is 16.5. The van der Waals surface area contributed by atoms with Gasteiger partial charge in [-0.1, -0.05) is 5.16 Å². The lowest BCUT2D eigenvalue weighted by Crippen LogP contribution is -2.34. The highest BCUT2D eigenvalue weighted by Gasteiger charge is 2.20. The lowest BCUT2D eigenvalue weighted by molar-refractivity contribution is 0.119. The van der Waals surface area contributed by atoms with E-state index in [9.17, 15) is 5.11 Å². The van der Waals surface area contributed by atoms with Gasteiger partial charge in [0.1, 0.15) is 5.75 Å². The van der Waals surface area contributed by atoms with Gasteiger partial charge in [-0.3, -0.25) is 4.90 Å². The van der Waals surface area contributed by atoms with Crippen LogP contribution >= 0.6 is 0 Å². The molecule has 0 spiro atoms. The summed E-state index contributed by atoms with van der Waals surface area (Å²) in [5.41, 5.74) is 0.919. The average Bonchev–Trinajstić information content (AvgIpc) is 3.05. The summed E-state index contributed by atoms with van der Waals surface area (Å²) in [6, 6.07) is 7.70. The Morgan fingerprint density at radius 1 is 1.26 bits per heavy atom. The van der Waals surface area contributed by atoms with Crippen molar-refractivity contribution >= 4 is 0 Å². The number of likely N-dealkylation sites (tertiary alicyclic amines) is 1. The van der Waals surface area contributed by atoms with Crippen LogP contribution in [0.2, 0.25) is 0 Å². The summed E-state index contributed by atoms with van der Waals surface area (Å²) in [4.78, 5) is 6.77.